The maximum Gasteiger partial charge on any atom is 0.339 e. The zero-order valence-corrected chi connectivity index (χ0v) is 21.5. The first-order valence-corrected chi connectivity index (χ1v) is 12.1. The largest absolute Gasteiger partial charge is 0.465 e. The summed E-state index contributed by atoms with van der Waals surface area (Å²) in [6.07, 6.45) is 8.37. The lowest BCUT2D eigenvalue weighted by Gasteiger charge is -2.18. The summed E-state index contributed by atoms with van der Waals surface area (Å²) in [6, 6.07) is 10.1. The topological polar surface area (TPSA) is 142 Å². The van der Waals surface area contributed by atoms with Gasteiger partial charge in [-0.15, -0.1) is 5.10 Å². The summed E-state index contributed by atoms with van der Waals surface area (Å²) in [5.74, 6) is -0.213. The molecule has 0 saturated carbocycles. The van der Waals surface area contributed by atoms with Gasteiger partial charge in [-0.05, 0) is 59.8 Å². The molecule has 196 valence electrons. The first kappa shape index (κ1) is 26.5. The van der Waals surface area contributed by atoms with Crippen molar-refractivity contribution in [3.8, 4) is 5.69 Å². The number of anilines is 1. The van der Waals surface area contributed by atoms with E-state index in [1.807, 2.05) is 23.9 Å². The highest BCUT2D eigenvalue weighted by Crippen LogP contribution is 2.20. The Hall–Kier alpha value is -4.58. The molecule has 0 fully saturated rings. The van der Waals surface area contributed by atoms with Crippen LogP contribution in [0.1, 0.15) is 28.5 Å². The van der Waals surface area contributed by atoms with Crippen LogP contribution in [0.4, 0.5) is 5.82 Å². The predicted molar refractivity (Wildman–Crippen MR) is 141 cm³/mol. The lowest BCUT2D eigenvalue weighted by molar-refractivity contribution is -0.117. The Kier molecular flexibility index (Phi) is 8.77. The van der Waals surface area contributed by atoms with Gasteiger partial charge in [-0.2, -0.15) is 9.78 Å². The Morgan fingerprint density at radius 1 is 1.21 bits per heavy atom. The Morgan fingerprint density at radius 2 is 2.08 bits per heavy atom. The van der Waals surface area contributed by atoms with Gasteiger partial charge in [-0.25, -0.2) is 9.78 Å². The number of carbonyl (C=O) groups excluding carboxylic acids is 2. The van der Waals surface area contributed by atoms with Crippen molar-refractivity contribution in [2.24, 2.45) is 0 Å². The van der Waals surface area contributed by atoms with Crippen molar-refractivity contribution in [2.75, 3.05) is 19.0 Å². The van der Waals surface area contributed by atoms with E-state index in [4.69, 9.17) is 16.3 Å². The number of amides is 1. The Labute approximate surface area is 223 Å². The summed E-state index contributed by atoms with van der Waals surface area (Å²) < 4.78 is 8.02. The third-order valence-corrected chi connectivity index (χ3v) is 5.77. The average molecular weight is 536 g/mol. The van der Waals surface area contributed by atoms with E-state index in [1.54, 1.807) is 36.4 Å². The number of benzene rings is 1. The second-order valence-corrected chi connectivity index (χ2v) is 8.60. The van der Waals surface area contributed by atoms with Gasteiger partial charge < -0.3 is 15.4 Å². The molecular formula is C25H26ClN9O3. The van der Waals surface area contributed by atoms with Gasteiger partial charge in [0, 0.05) is 48.6 Å². The monoisotopic (exact) mass is 535 g/mol. The van der Waals surface area contributed by atoms with Crippen LogP contribution in [0.25, 0.3) is 11.8 Å². The van der Waals surface area contributed by atoms with Crippen molar-refractivity contribution >= 4 is 35.4 Å². The van der Waals surface area contributed by atoms with Gasteiger partial charge in [0.15, 0.2) is 0 Å². The molecule has 1 atom stereocenters. The van der Waals surface area contributed by atoms with Gasteiger partial charge in [0.05, 0.1) is 30.1 Å². The number of methoxy groups -OCH3 is 1. The number of hydrogen-bond donors (Lipinski definition) is 2. The Morgan fingerprint density at radius 3 is 2.76 bits per heavy atom. The summed E-state index contributed by atoms with van der Waals surface area (Å²) in [5, 5.41) is 22.5. The first-order valence-electron chi connectivity index (χ1n) is 11.8. The molecule has 0 bridgehead atoms. The van der Waals surface area contributed by atoms with E-state index >= 15 is 0 Å². The molecule has 1 amide bonds. The van der Waals surface area contributed by atoms with Gasteiger partial charge in [0.25, 0.3) is 0 Å². The molecule has 12 nitrogen and oxygen atoms in total. The van der Waals surface area contributed by atoms with E-state index in [9.17, 15) is 9.59 Å². The van der Waals surface area contributed by atoms with Gasteiger partial charge in [0.1, 0.15) is 12.1 Å². The molecule has 0 radical (unpaired) electrons. The van der Waals surface area contributed by atoms with Gasteiger partial charge in [0.2, 0.25) is 5.91 Å². The number of ether oxygens (including phenoxy) is 1. The van der Waals surface area contributed by atoms with E-state index in [2.05, 4.69) is 36.2 Å². The molecule has 0 saturated heterocycles. The van der Waals surface area contributed by atoms with Gasteiger partial charge >= 0.3 is 5.97 Å². The van der Waals surface area contributed by atoms with Crippen LogP contribution in [-0.2, 0) is 22.5 Å². The molecule has 3 heterocycles. The summed E-state index contributed by atoms with van der Waals surface area (Å²) in [5.41, 5.74) is 2.53. The molecule has 13 heteroatoms. The minimum absolute atomic E-state index is 0.302. The molecule has 1 aromatic carbocycles. The predicted octanol–water partition coefficient (Wildman–Crippen LogP) is 2.57. The number of esters is 1. The quantitative estimate of drug-likeness (QED) is 0.219. The summed E-state index contributed by atoms with van der Waals surface area (Å²) in [4.78, 5) is 28.8. The highest BCUT2D eigenvalue weighted by molar-refractivity contribution is 6.30. The number of hydrogen-bond acceptors (Lipinski definition) is 9. The number of rotatable bonds is 11. The fourth-order valence-electron chi connectivity index (χ4n) is 3.63. The molecule has 3 aromatic heterocycles. The van der Waals surface area contributed by atoms with E-state index < -0.39 is 5.97 Å². The van der Waals surface area contributed by atoms with Crippen LogP contribution in [0.15, 0.2) is 61.2 Å². The number of halogens is 1. The number of tetrazole rings is 1. The fraction of sp³-hybridized carbons (Fsp3) is 0.240. The van der Waals surface area contributed by atoms with E-state index in [0.29, 0.717) is 40.6 Å². The van der Waals surface area contributed by atoms with Crippen LogP contribution < -0.4 is 10.6 Å². The molecule has 4 rings (SSSR count). The fourth-order valence-corrected chi connectivity index (χ4v) is 3.81. The molecule has 0 spiro atoms. The maximum atomic E-state index is 12.9. The van der Waals surface area contributed by atoms with Crippen molar-refractivity contribution in [3.05, 3.63) is 83.0 Å². The smallest absolute Gasteiger partial charge is 0.339 e. The molecule has 38 heavy (non-hydrogen) atoms. The van der Waals surface area contributed by atoms with Crippen molar-refractivity contribution < 1.29 is 14.3 Å². The second kappa shape index (κ2) is 12.6. The maximum absolute atomic E-state index is 12.9. The van der Waals surface area contributed by atoms with Crippen molar-refractivity contribution in [3.63, 3.8) is 0 Å². The normalized spacial score (nSPS) is 11.9. The number of nitrogens with one attached hydrogen (secondary N) is 2. The van der Waals surface area contributed by atoms with Gasteiger partial charge in [-0.3, -0.25) is 9.48 Å². The Balaban J connectivity index is 1.46. The third-order valence-electron chi connectivity index (χ3n) is 5.54. The van der Waals surface area contributed by atoms with Crippen LogP contribution >= 0.6 is 11.6 Å². The summed E-state index contributed by atoms with van der Waals surface area (Å²) in [7, 11) is 1.31. The standard InChI is InChI=1S/C25H26ClN9O3/c1-3-34-11-10-20(31-34)13-21(15-28-23-8-4-18(14-27-23)25(37)38-2)30-24(36)9-5-17-12-19(26)6-7-22(17)35-16-29-32-33-35/h4-12,14,16,21H,3,13,15H2,1-2H3,(H,27,28)(H,30,36). The van der Waals surface area contributed by atoms with E-state index in [0.717, 1.165) is 12.2 Å². The molecular weight excluding hydrogens is 510 g/mol. The van der Waals surface area contributed by atoms with Crippen LogP contribution in [0.2, 0.25) is 5.02 Å². The minimum Gasteiger partial charge on any atom is -0.465 e. The Bertz CT molecular complexity index is 1400. The highest BCUT2D eigenvalue weighted by Gasteiger charge is 2.15. The zero-order chi connectivity index (χ0) is 26.9. The number of aromatic nitrogens is 7. The number of aryl methyl sites for hydroxylation is 1. The molecule has 4 aromatic rings. The van der Waals surface area contributed by atoms with E-state index in [1.165, 1.54) is 30.4 Å². The van der Waals surface area contributed by atoms with Crippen LogP contribution in [0.5, 0.6) is 0 Å². The number of carbonyl (C=O) groups is 2. The summed E-state index contributed by atoms with van der Waals surface area (Å²) >= 11 is 6.17. The SMILES string of the molecule is CCn1ccc(CC(CNc2ccc(C(=O)OC)cn2)NC(=O)C=Cc2cc(Cl)ccc2-n2cnnn2)n1. The zero-order valence-electron chi connectivity index (χ0n) is 20.8. The highest BCUT2D eigenvalue weighted by atomic mass is 35.5. The third kappa shape index (κ3) is 7.01. The van der Waals surface area contributed by atoms with E-state index in [-0.39, 0.29) is 11.9 Å². The van der Waals surface area contributed by atoms with Crippen LogP contribution in [0.3, 0.4) is 0 Å². The van der Waals surface area contributed by atoms with Crippen molar-refractivity contribution in [1.29, 1.82) is 0 Å². The number of nitrogens with zero attached hydrogens (tertiary/aromatic N) is 7. The number of pyridine rings is 1. The van der Waals surface area contributed by atoms with Crippen molar-refractivity contribution in [2.45, 2.75) is 25.9 Å². The molecule has 0 aliphatic rings. The average Bonchev–Trinajstić information content (AvgIpc) is 3.63. The van der Waals surface area contributed by atoms with Crippen LogP contribution in [0, 0.1) is 0 Å². The molecule has 0 aliphatic heterocycles. The summed E-state index contributed by atoms with van der Waals surface area (Å²) in [6.45, 7) is 3.12. The van der Waals surface area contributed by atoms with Crippen LogP contribution in [-0.4, -0.2) is 66.5 Å². The molecule has 1 unspecified atom stereocenters. The van der Waals surface area contributed by atoms with Crippen molar-refractivity contribution in [1.82, 2.24) is 40.3 Å². The second-order valence-electron chi connectivity index (χ2n) is 8.17. The van der Waals surface area contributed by atoms with Gasteiger partial charge in [-0.1, -0.05) is 11.6 Å². The lowest BCUT2D eigenvalue weighted by atomic mass is 10.1. The molecule has 2 N–H and O–H groups in total. The first-order chi connectivity index (χ1) is 18.4. The minimum atomic E-state index is -0.463. The molecule has 0 aliphatic carbocycles. The lowest BCUT2D eigenvalue weighted by Crippen LogP contribution is -2.40.